The van der Waals surface area contributed by atoms with Crippen LogP contribution in [0.4, 0.5) is 8.78 Å². The molecule has 0 aliphatic carbocycles. The minimum atomic E-state index is -0.971. The van der Waals surface area contributed by atoms with Gasteiger partial charge < -0.3 is 5.73 Å². The molecule has 4 heteroatoms. The Morgan fingerprint density at radius 1 is 0.950 bits per heavy atom. The average Bonchev–Trinajstić information content (AvgIpc) is 2.42. The van der Waals surface area contributed by atoms with Crippen LogP contribution in [0.15, 0.2) is 36.4 Å². The summed E-state index contributed by atoms with van der Waals surface area (Å²) in [5, 5.41) is 0.129. The van der Waals surface area contributed by atoms with E-state index >= 15 is 0 Å². The summed E-state index contributed by atoms with van der Waals surface area (Å²) >= 11 is 5.94. The first-order valence-corrected chi connectivity index (χ1v) is 6.78. The van der Waals surface area contributed by atoms with Gasteiger partial charge >= 0.3 is 0 Å². The molecule has 1 atom stereocenters. The summed E-state index contributed by atoms with van der Waals surface area (Å²) in [6, 6.07) is 9.16. The molecule has 20 heavy (non-hydrogen) atoms. The largest absolute Gasteiger partial charge is 0.320 e. The second-order valence-corrected chi connectivity index (χ2v) is 5.49. The molecule has 2 aromatic carbocycles. The molecule has 0 heterocycles. The van der Waals surface area contributed by atoms with Gasteiger partial charge in [0.05, 0.1) is 6.04 Å². The Balaban J connectivity index is 2.36. The van der Waals surface area contributed by atoms with Crippen LogP contribution >= 0.6 is 11.6 Å². The minimum Gasteiger partial charge on any atom is -0.320 e. The number of nitrogens with two attached hydrogens (primary N) is 1. The van der Waals surface area contributed by atoms with Gasteiger partial charge in [-0.1, -0.05) is 49.7 Å². The van der Waals surface area contributed by atoms with Crippen molar-refractivity contribution in [1.29, 1.82) is 0 Å². The summed E-state index contributed by atoms with van der Waals surface area (Å²) in [6.45, 7) is 4.20. The van der Waals surface area contributed by atoms with Crippen molar-refractivity contribution < 1.29 is 8.78 Å². The summed E-state index contributed by atoms with van der Waals surface area (Å²) in [7, 11) is 0. The van der Waals surface area contributed by atoms with Crippen LogP contribution in [0.1, 0.15) is 42.5 Å². The van der Waals surface area contributed by atoms with Gasteiger partial charge in [-0.2, -0.15) is 0 Å². The zero-order valence-corrected chi connectivity index (χ0v) is 12.1. The zero-order valence-electron chi connectivity index (χ0n) is 11.3. The predicted octanol–water partition coefficient (Wildman–Crippen LogP) is 4.79. The van der Waals surface area contributed by atoms with Crippen LogP contribution in [0, 0.1) is 11.6 Å². The minimum absolute atomic E-state index is 0.129. The van der Waals surface area contributed by atoms with Gasteiger partial charge in [0.2, 0.25) is 0 Å². The molecule has 1 nitrogen and oxygen atoms in total. The Labute approximate surface area is 122 Å². The summed E-state index contributed by atoms with van der Waals surface area (Å²) in [6.07, 6.45) is 0. The molecule has 2 rings (SSSR count). The lowest BCUT2D eigenvalue weighted by Crippen LogP contribution is -2.13. The molecule has 0 saturated carbocycles. The number of rotatable bonds is 3. The molecule has 0 aliphatic rings. The molecule has 0 aliphatic heterocycles. The van der Waals surface area contributed by atoms with E-state index in [0.29, 0.717) is 11.5 Å². The Morgan fingerprint density at radius 2 is 1.45 bits per heavy atom. The fourth-order valence-electron chi connectivity index (χ4n) is 2.04. The Hall–Kier alpha value is -1.45. The summed E-state index contributed by atoms with van der Waals surface area (Å²) in [5.74, 6) is -1.49. The molecule has 1 unspecified atom stereocenters. The van der Waals surface area contributed by atoms with Crippen molar-refractivity contribution in [2.75, 3.05) is 0 Å². The lowest BCUT2D eigenvalue weighted by molar-refractivity contribution is 0.506. The maximum Gasteiger partial charge on any atom is 0.160 e. The van der Waals surface area contributed by atoms with Crippen molar-refractivity contribution in [2.45, 2.75) is 25.8 Å². The van der Waals surface area contributed by atoms with Crippen molar-refractivity contribution in [3.8, 4) is 0 Å². The van der Waals surface area contributed by atoms with E-state index in [0.717, 1.165) is 17.7 Å². The van der Waals surface area contributed by atoms with Crippen LogP contribution in [-0.4, -0.2) is 0 Å². The SMILES string of the molecule is CC(C)c1ccc(C(N)c2cc(F)c(F)cc2Cl)cc1. The normalized spacial score (nSPS) is 12.8. The molecule has 0 saturated heterocycles. The van der Waals surface area contributed by atoms with E-state index in [9.17, 15) is 8.78 Å². The van der Waals surface area contributed by atoms with Gasteiger partial charge in [-0.3, -0.25) is 0 Å². The highest BCUT2D eigenvalue weighted by Gasteiger charge is 2.16. The second kappa shape index (κ2) is 5.90. The van der Waals surface area contributed by atoms with Gasteiger partial charge in [0.1, 0.15) is 0 Å². The van der Waals surface area contributed by atoms with Crippen molar-refractivity contribution in [3.63, 3.8) is 0 Å². The molecule has 0 radical (unpaired) electrons. The highest BCUT2D eigenvalue weighted by Crippen LogP contribution is 2.29. The van der Waals surface area contributed by atoms with E-state index in [1.54, 1.807) is 0 Å². The fourth-order valence-corrected chi connectivity index (χ4v) is 2.31. The number of hydrogen-bond donors (Lipinski definition) is 1. The molecule has 2 aromatic rings. The van der Waals surface area contributed by atoms with Crippen molar-refractivity contribution >= 4 is 11.6 Å². The molecule has 2 N–H and O–H groups in total. The lowest BCUT2D eigenvalue weighted by atomic mass is 9.96. The Morgan fingerprint density at radius 3 is 2.00 bits per heavy atom. The fraction of sp³-hybridized carbons (Fsp3) is 0.250. The van der Waals surface area contributed by atoms with E-state index < -0.39 is 17.7 Å². The van der Waals surface area contributed by atoms with Gasteiger partial charge in [0.15, 0.2) is 11.6 Å². The average molecular weight is 296 g/mol. The van der Waals surface area contributed by atoms with Crippen molar-refractivity contribution in [2.24, 2.45) is 5.73 Å². The van der Waals surface area contributed by atoms with E-state index in [2.05, 4.69) is 13.8 Å². The van der Waals surface area contributed by atoms with Crippen LogP contribution in [0.3, 0.4) is 0 Å². The first kappa shape index (κ1) is 14.9. The predicted molar refractivity (Wildman–Crippen MR) is 77.9 cm³/mol. The van der Waals surface area contributed by atoms with Crippen molar-refractivity contribution in [3.05, 3.63) is 69.7 Å². The van der Waals surface area contributed by atoms with Crippen LogP contribution < -0.4 is 5.73 Å². The van der Waals surface area contributed by atoms with Gasteiger partial charge in [-0.05, 0) is 34.7 Å². The van der Waals surface area contributed by atoms with Crippen LogP contribution in [0.25, 0.3) is 0 Å². The van der Waals surface area contributed by atoms with Gasteiger partial charge in [-0.15, -0.1) is 0 Å². The molecule has 106 valence electrons. The van der Waals surface area contributed by atoms with Gasteiger partial charge in [0.25, 0.3) is 0 Å². The van der Waals surface area contributed by atoms with E-state index in [4.69, 9.17) is 17.3 Å². The molecule has 0 fully saturated rings. The molecular formula is C16H16ClF2N. The van der Waals surface area contributed by atoms with Crippen LogP contribution in [-0.2, 0) is 0 Å². The smallest absolute Gasteiger partial charge is 0.160 e. The molecule has 0 amide bonds. The number of benzene rings is 2. The number of hydrogen-bond acceptors (Lipinski definition) is 1. The lowest BCUT2D eigenvalue weighted by Gasteiger charge is -2.16. The number of halogens is 3. The topological polar surface area (TPSA) is 26.0 Å². The third-order valence-electron chi connectivity index (χ3n) is 3.34. The highest BCUT2D eigenvalue weighted by molar-refractivity contribution is 6.31. The summed E-state index contributed by atoms with van der Waals surface area (Å²) in [4.78, 5) is 0. The summed E-state index contributed by atoms with van der Waals surface area (Å²) < 4.78 is 26.4. The Bertz CT molecular complexity index is 609. The van der Waals surface area contributed by atoms with E-state index in [-0.39, 0.29) is 5.02 Å². The van der Waals surface area contributed by atoms with Crippen LogP contribution in [0.5, 0.6) is 0 Å². The standard InChI is InChI=1S/C16H16ClF2N/c1-9(2)10-3-5-11(6-4-10)16(20)12-7-14(18)15(19)8-13(12)17/h3-9,16H,20H2,1-2H3. The van der Waals surface area contributed by atoms with Crippen molar-refractivity contribution in [1.82, 2.24) is 0 Å². The second-order valence-electron chi connectivity index (χ2n) is 5.09. The summed E-state index contributed by atoms with van der Waals surface area (Å²) in [5.41, 5.74) is 8.47. The highest BCUT2D eigenvalue weighted by atomic mass is 35.5. The van der Waals surface area contributed by atoms with E-state index in [1.807, 2.05) is 24.3 Å². The third-order valence-corrected chi connectivity index (χ3v) is 3.66. The molecule has 0 bridgehead atoms. The van der Waals surface area contributed by atoms with Gasteiger partial charge in [0, 0.05) is 5.02 Å². The maximum absolute atomic E-state index is 13.3. The monoisotopic (exact) mass is 295 g/mol. The molecular weight excluding hydrogens is 280 g/mol. The first-order chi connectivity index (χ1) is 9.40. The maximum atomic E-state index is 13.3. The first-order valence-electron chi connectivity index (χ1n) is 6.40. The van der Waals surface area contributed by atoms with Crippen LogP contribution in [0.2, 0.25) is 5.02 Å². The third kappa shape index (κ3) is 3.00. The van der Waals surface area contributed by atoms with Gasteiger partial charge in [-0.25, -0.2) is 8.78 Å². The van der Waals surface area contributed by atoms with E-state index in [1.165, 1.54) is 5.56 Å². The zero-order chi connectivity index (χ0) is 14.9. The molecule has 0 aromatic heterocycles. The quantitative estimate of drug-likeness (QED) is 0.810. The Kier molecular flexibility index (Phi) is 4.41. The molecule has 0 spiro atoms.